The predicted octanol–water partition coefficient (Wildman–Crippen LogP) is 3.54. The van der Waals surface area contributed by atoms with E-state index in [1.54, 1.807) is 11.3 Å². The standard InChI is InChI=1S/C13H22N2S/c1-9-5-4-6-11(7-9)13(14-3)12-8-16-10(2)15-12/h8-9,11,13-14H,4-7H2,1-3H3. The quantitative estimate of drug-likeness (QED) is 0.871. The van der Waals surface area contributed by atoms with Gasteiger partial charge in [-0.3, -0.25) is 0 Å². The summed E-state index contributed by atoms with van der Waals surface area (Å²) in [5, 5.41) is 6.86. The summed E-state index contributed by atoms with van der Waals surface area (Å²) in [5.41, 5.74) is 1.25. The number of aryl methyl sites for hydroxylation is 1. The van der Waals surface area contributed by atoms with Gasteiger partial charge in [0.05, 0.1) is 16.7 Å². The number of hydrogen-bond acceptors (Lipinski definition) is 3. The molecule has 1 aromatic rings. The minimum Gasteiger partial charge on any atom is -0.311 e. The molecular weight excluding hydrogens is 216 g/mol. The fourth-order valence-electron chi connectivity index (χ4n) is 2.93. The Morgan fingerprint density at radius 1 is 1.50 bits per heavy atom. The summed E-state index contributed by atoms with van der Waals surface area (Å²) in [6, 6.07) is 0.465. The van der Waals surface area contributed by atoms with E-state index in [9.17, 15) is 0 Å². The van der Waals surface area contributed by atoms with Crippen molar-refractivity contribution in [2.75, 3.05) is 7.05 Å². The molecule has 1 aliphatic carbocycles. The van der Waals surface area contributed by atoms with Crippen LogP contribution in [-0.4, -0.2) is 12.0 Å². The van der Waals surface area contributed by atoms with Gasteiger partial charge in [0.2, 0.25) is 0 Å². The molecule has 0 radical (unpaired) electrons. The Balaban J connectivity index is 2.09. The van der Waals surface area contributed by atoms with Gasteiger partial charge < -0.3 is 5.32 Å². The van der Waals surface area contributed by atoms with E-state index >= 15 is 0 Å². The number of nitrogens with one attached hydrogen (secondary N) is 1. The minimum atomic E-state index is 0.465. The Bertz CT molecular complexity index is 334. The second-order valence-electron chi connectivity index (χ2n) is 5.09. The molecule has 0 aliphatic heterocycles. The molecule has 3 atom stereocenters. The van der Waals surface area contributed by atoms with E-state index in [-0.39, 0.29) is 0 Å². The summed E-state index contributed by atoms with van der Waals surface area (Å²) in [6.45, 7) is 4.47. The molecule has 2 nitrogen and oxygen atoms in total. The number of rotatable bonds is 3. The van der Waals surface area contributed by atoms with Crippen molar-refractivity contribution in [2.45, 2.75) is 45.6 Å². The van der Waals surface area contributed by atoms with E-state index in [1.165, 1.54) is 36.4 Å². The van der Waals surface area contributed by atoms with Crippen LogP contribution in [0.3, 0.4) is 0 Å². The van der Waals surface area contributed by atoms with Crippen LogP contribution in [0.4, 0.5) is 0 Å². The average Bonchev–Trinajstić information content (AvgIpc) is 2.66. The maximum absolute atomic E-state index is 4.64. The van der Waals surface area contributed by atoms with Crippen LogP contribution in [0.25, 0.3) is 0 Å². The maximum atomic E-state index is 4.64. The first-order chi connectivity index (χ1) is 7.70. The molecule has 16 heavy (non-hydrogen) atoms. The molecule has 0 saturated heterocycles. The first-order valence-corrected chi connectivity index (χ1v) is 7.18. The fraction of sp³-hybridized carbons (Fsp3) is 0.769. The lowest BCUT2D eigenvalue weighted by Crippen LogP contribution is -2.29. The Labute approximate surface area is 102 Å². The summed E-state index contributed by atoms with van der Waals surface area (Å²) in [6.07, 6.45) is 5.49. The molecule has 0 bridgehead atoms. The molecule has 3 unspecified atom stereocenters. The molecule has 0 aromatic carbocycles. The molecular formula is C13H22N2S. The lowest BCUT2D eigenvalue weighted by atomic mass is 9.78. The Morgan fingerprint density at radius 2 is 2.31 bits per heavy atom. The molecule has 1 N–H and O–H groups in total. The van der Waals surface area contributed by atoms with E-state index in [4.69, 9.17) is 0 Å². The first-order valence-electron chi connectivity index (χ1n) is 6.30. The van der Waals surface area contributed by atoms with Crippen molar-refractivity contribution in [3.8, 4) is 0 Å². The van der Waals surface area contributed by atoms with Gasteiger partial charge in [0.1, 0.15) is 0 Å². The van der Waals surface area contributed by atoms with Crippen LogP contribution in [-0.2, 0) is 0 Å². The third kappa shape index (κ3) is 2.64. The first kappa shape index (κ1) is 12.1. The van der Waals surface area contributed by atoms with Crippen LogP contribution in [0.5, 0.6) is 0 Å². The average molecular weight is 238 g/mol. The van der Waals surface area contributed by atoms with Crippen molar-refractivity contribution >= 4 is 11.3 Å². The molecule has 1 aliphatic rings. The summed E-state index contributed by atoms with van der Waals surface area (Å²) in [5.74, 6) is 1.66. The van der Waals surface area contributed by atoms with Crippen molar-refractivity contribution in [3.05, 3.63) is 16.1 Å². The predicted molar refractivity (Wildman–Crippen MR) is 69.8 cm³/mol. The van der Waals surface area contributed by atoms with Gasteiger partial charge in [0.25, 0.3) is 0 Å². The third-order valence-corrected chi connectivity index (χ3v) is 4.51. The van der Waals surface area contributed by atoms with Crippen LogP contribution in [0, 0.1) is 18.8 Å². The number of hydrogen-bond donors (Lipinski definition) is 1. The van der Waals surface area contributed by atoms with Gasteiger partial charge in [-0.1, -0.05) is 19.8 Å². The second-order valence-corrected chi connectivity index (χ2v) is 6.15. The molecule has 0 spiro atoms. The summed E-state index contributed by atoms with van der Waals surface area (Å²) >= 11 is 1.76. The van der Waals surface area contributed by atoms with Crippen molar-refractivity contribution in [3.63, 3.8) is 0 Å². The smallest absolute Gasteiger partial charge is 0.0898 e. The van der Waals surface area contributed by atoms with Gasteiger partial charge in [0, 0.05) is 5.38 Å². The van der Waals surface area contributed by atoms with E-state index in [0.29, 0.717) is 6.04 Å². The van der Waals surface area contributed by atoms with Gasteiger partial charge >= 0.3 is 0 Å². The van der Waals surface area contributed by atoms with Crippen LogP contribution < -0.4 is 5.32 Å². The molecule has 3 heteroatoms. The summed E-state index contributed by atoms with van der Waals surface area (Å²) in [7, 11) is 2.07. The second kappa shape index (κ2) is 5.28. The molecule has 1 aromatic heterocycles. The van der Waals surface area contributed by atoms with Crippen molar-refractivity contribution in [1.29, 1.82) is 0 Å². The zero-order valence-electron chi connectivity index (χ0n) is 10.5. The Kier molecular flexibility index (Phi) is 3.98. The van der Waals surface area contributed by atoms with Gasteiger partial charge in [-0.05, 0) is 38.6 Å². The highest BCUT2D eigenvalue weighted by molar-refractivity contribution is 7.09. The third-order valence-electron chi connectivity index (χ3n) is 3.71. The van der Waals surface area contributed by atoms with Gasteiger partial charge in [0.15, 0.2) is 0 Å². The van der Waals surface area contributed by atoms with Crippen LogP contribution >= 0.6 is 11.3 Å². The highest BCUT2D eigenvalue weighted by Gasteiger charge is 2.27. The molecule has 2 rings (SSSR count). The normalized spacial score (nSPS) is 27.9. The topological polar surface area (TPSA) is 24.9 Å². The lowest BCUT2D eigenvalue weighted by Gasteiger charge is -2.32. The highest BCUT2D eigenvalue weighted by atomic mass is 32.1. The van der Waals surface area contributed by atoms with Gasteiger partial charge in [-0.2, -0.15) is 0 Å². The molecule has 0 amide bonds. The number of thiazole rings is 1. The zero-order chi connectivity index (χ0) is 11.5. The molecule has 90 valence electrons. The lowest BCUT2D eigenvalue weighted by molar-refractivity contribution is 0.227. The van der Waals surface area contributed by atoms with Crippen molar-refractivity contribution in [2.24, 2.45) is 11.8 Å². The zero-order valence-corrected chi connectivity index (χ0v) is 11.3. The van der Waals surface area contributed by atoms with Gasteiger partial charge in [-0.25, -0.2) is 4.98 Å². The SMILES string of the molecule is CNC(c1csc(C)n1)C1CCCC(C)C1. The fourth-order valence-corrected chi connectivity index (χ4v) is 3.58. The van der Waals surface area contributed by atoms with Crippen molar-refractivity contribution < 1.29 is 0 Å². The van der Waals surface area contributed by atoms with Crippen LogP contribution in [0.1, 0.15) is 49.4 Å². The van der Waals surface area contributed by atoms with E-state index in [2.05, 4.69) is 36.6 Å². The van der Waals surface area contributed by atoms with Crippen LogP contribution in [0.15, 0.2) is 5.38 Å². The maximum Gasteiger partial charge on any atom is 0.0898 e. The summed E-state index contributed by atoms with van der Waals surface area (Å²) < 4.78 is 0. The number of aromatic nitrogens is 1. The minimum absolute atomic E-state index is 0.465. The molecule has 1 fully saturated rings. The Hall–Kier alpha value is -0.410. The largest absolute Gasteiger partial charge is 0.311 e. The van der Waals surface area contributed by atoms with Crippen molar-refractivity contribution in [1.82, 2.24) is 10.3 Å². The number of nitrogens with zero attached hydrogens (tertiary/aromatic N) is 1. The monoisotopic (exact) mass is 238 g/mol. The van der Waals surface area contributed by atoms with Gasteiger partial charge in [-0.15, -0.1) is 11.3 Å². The van der Waals surface area contributed by atoms with E-state index in [0.717, 1.165) is 11.8 Å². The Morgan fingerprint density at radius 3 is 2.88 bits per heavy atom. The van der Waals surface area contributed by atoms with Crippen LogP contribution in [0.2, 0.25) is 0 Å². The highest BCUT2D eigenvalue weighted by Crippen LogP contribution is 2.37. The summed E-state index contributed by atoms with van der Waals surface area (Å²) in [4.78, 5) is 4.64. The molecule has 1 saturated carbocycles. The molecule has 1 heterocycles. The van der Waals surface area contributed by atoms with E-state index < -0.39 is 0 Å². The van der Waals surface area contributed by atoms with E-state index in [1.807, 2.05) is 0 Å².